The highest BCUT2D eigenvalue weighted by Crippen LogP contribution is 2.29. The van der Waals surface area contributed by atoms with Crippen LogP contribution in [0.4, 0.5) is 10.5 Å². The van der Waals surface area contributed by atoms with E-state index >= 15 is 0 Å². The molecule has 116 valence electrons. The van der Waals surface area contributed by atoms with Crippen molar-refractivity contribution in [2.24, 2.45) is 0 Å². The molecule has 2 amide bonds. The second kappa shape index (κ2) is 6.95. The average Bonchev–Trinajstić information content (AvgIpc) is 3.03. The molecular formula is C18H17N3O2. The van der Waals surface area contributed by atoms with Gasteiger partial charge in [0, 0.05) is 12.3 Å². The van der Waals surface area contributed by atoms with Crippen LogP contribution in [-0.2, 0) is 4.74 Å². The maximum absolute atomic E-state index is 12.2. The summed E-state index contributed by atoms with van der Waals surface area (Å²) in [6.07, 6.45) is 0.637. The Morgan fingerprint density at radius 2 is 2.00 bits per heavy atom. The molecule has 0 bridgehead atoms. The lowest BCUT2D eigenvalue weighted by molar-refractivity contribution is 0.100. The Hall–Kier alpha value is -2.84. The summed E-state index contributed by atoms with van der Waals surface area (Å²) in [5, 5.41) is 14.6. The molecule has 5 heteroatoms. The van der Waals surface area contributed by atoms with E-state index in [4.69, 9.17) is 10.00 Å². The van der Waals surface area contributed by atoms with Gasteiger partial charge < -0.3 is 15.4 Å². The summed E-state index contributed by atoms with van der Waals surface area (Å²) in [5.74, 6) is 0. The largest absolute Gasteiger partial charge is 0.371 e. The molecule has 2 aromatic carbocycles. The van der Waals surface area contributed by atoms with E-state index in [1.54, 1.807) is 24.3 Å². The average molecular weight is 307 g/mol. The van der Waals surface area contributed by atoms with E-state index in [9.17, 15) is 4.79 Å². The second-order valence-electron chi connectivity index (χ2n) is 5.39. The summed E-state index contributed by atoms with van der Waals surface area (Å²) in [7, 11) is 0. The van der Waals surface area contributed by atoms with Crippen LogP contribution in [0.25, 0.3) is 0 Å². The highest BCUT2D eigenvalue weighted by Gasteiger charge is 2.30. The Kier molecular flexibility index (Phi) is 4.55. The fourth-order valence-electron chi connectivity index (χ4n) is 2.71. The van der Waals surface area contributed by atoms with Crippen molar-refractivity contribution in [2.75, 3.05) is 11.9 Å². The van der Waals surface area contributed by atoms with Crippen LogP contribution in [0.1, 0.15) is 23.7 Å². The van der Waals surface area contributed by atoms with Gasteiger partial charge in [-0.15, -0.1) is 0 Å². The molecule has 0 radical (unpaired) electrons. The van der Waals surface area contributed by atoms with Gasteiger partial charge in [-0.25, -0.2) is 4.79 Å². The standard InChI is InChI=1S/C18H17N3O2/c19-12-13-5-4-8-15(11-13)20-18(22)21-16-9-10-23-17(16)14-6-2-1-3-7-14/h1-8,11,16-17H,9-10H2,(H2,20,21,22)/t16-,17-/m1/s1. The first-order valence-corrected chi connectivity index (χ1v) is 7.50. The first-order chi connectivity index (χ1) is 11.3. The third-order valence-corrected chi connectivity index (χ3v) is 3.79. The molecule has 1 saturated heterocycles. The highest BCUT2D eigenvalue weighted by atomic mass is 16.5. The number of urea groups is 1. The Labute approximate surface area is 134 Å². The number of amides is 2. The Morgan fingerprint density at radius 1 is 1.17 bits per heavy atom. The molecule has 0 aromatic heterocycles. The zero-order valence-corrected chi connectivity index (χ0v) is 12.5. The monoisotopic (exact) mass is 307 g/mol. The van der Waals surface area contributed by atoms with Crippen molar-refractivity contribution in [2.45, 2.75) is 18.6 Å². The van der Waals surface area contributed by atoms with E-state index in [-0.39, 0.29) is 18.2 Å². The molecule has 2 atom stereocenters. The van der Waals surface area contributed by atoms with Gasteiger partial charge in [0.2, 0.25) is 0 Å². The summed E-state index contributed by atoms with van der Waals surface area (Å²) < 4.78 is 5.75. The molecule has 0 spiro atoms. The molecule has 3 rings (SSSR count). The normalized spacial score (nSPS) is 19.8. The van der Waals surface area contributed by atoms with Crippen molar-refractivity contribution in [1.29, 1.82) is 5.26 Å². The summed E-state index contributed by atoms with van der Waals surface area (Å²) in [4.78, 5) is 12.2. The Bertz CT molecular complexity index is 725. The van der Waals surface area contributed by atoms with Crippen molar-refractivity contribution in [1.82, 2.24) is 5.32 Å². The SMILES string of the molecule is N#Cc1cccc(NC(=O)N[C@@H]2CCO[C@@H]2c2ccccc2)c1. The summed E-state index contributed by atoms with van der Waals surface area (Å²) in [6, 6.07) is 18.4. The van der Waals surface area contributed by atoms with Crippen molar-refractivity contribution < 1.29 is 9.53 Å². The van der Waals surface area contributed by atoms with E-state index in [1.165, 1.54) is 0 Å². The second-order valence-corrected chi connectivity index (χ2v) is 5.39. The number of ether oxygens (including phenoxy) is 1. The van der Waals surface area contributed by atoms with E-state index in [0.29, 0.717) is 17.9 Å². The quantitative estimate of drug-likeness (QED) is 0.914. The minimum atomic E-state index is -0.295. The molecule has 0 aliphatic carbocycles. The molecule has 1 aliphatic heterocycles. The zero-order valence-electron chi connectivity index (χ0n) is 12.5. The van der Waals surface area contributed by atoms with E-state index in [0.717, 1.165) is 12.0 Å². The van der Waals surface area contributed by atoms with Gasteiger partial charge in [0.25, 0.3) is 0 Å². The molecule has 0 unspecified atom stereocenters. The maximum Gasteiger partial charge on any atom is 0.319 e. The molecule has 2 N–H and O–H groups in total. The van der Waals surface area contributed by atoms with Crippen LogP contribution in [0.3, 0.4) is 0 Å². The van der Waals surface area contributed by atoms with E-state index in [2.05, 4.69) is 16.7 Å². The summed E-state index contributed by atoms with van der Waals surface area (Å²) in [6.45, 7) is 0.619. The van der Waals surface area contributed by atoms with Crippen LogP contribution in [0.5, 0.6) is 0 Å². The first-order valence-electron chi connectivity index (χ1n) is 7.50. The number of nitriles is 1. The lowest BCUT2D eigenvalue weighted by Gasteiger charge is -2.20. The smallest absolute Gasteiger partial charge is 0.319 e. The van der Waals surface area contributed by atoms with Gasteiger partial charge in [-0.2, -0.15) is 5.26 Å². The van der Waals surface area contributed by atoms with Crippen LogP contribution >= 0.6 is 0 Å². The van der Waals surface area contributed by atoms with Crippen molar-refractivity contribution in [3.8, 4) is 6.07 Å². The number of hydrogen-bond donors (Lipinski definition) is 2. The topological polar surface area (TPSA) is 74.2 Å². The molecule has 1 heterocycles. The fourth-order valence-corrected chi connectivity index (χ4v) is 2.71. The minimum Gasteiger partial charge on any atom is -0.371 e. The van der Waals surface area contributed by atoms with Gasteiger partial charge in [0.1, 0.15) is 6.10 Å². The number of nitrogens with one attached hydrogen (secondary N) is 2. The molecule has 2 aromatic rings. The van der Waals surface area contributed by atoms with Gasteiger partial charge in [-0.3, -0.25) is 0 Å². The summed E-state index contributed by atoms with van der Waals surface area (Å²) in [5.41, 5.74) is 2.16. The first kappa shape index (κ1) is 15.1. The predicted octanol–water partition coefficient (Wildman–Crippen LogP) is 3.21. The van der Waals surface area contributed by atoms with E-state index < -0.39 is 0 Å². The van der Waals surface area contributed by atoms with Crippen LogP contribution in [0, 0.1) is 11.3 Å². The molecule has 1 aliphatic rings. The fraction of sp³-hybridized carbons (Fsp3) is 0.222. The van der Waals surface area contributed by atoms with Gasteiger partial charge in [-0.05, 0) is 30.2 Å². The third-order valence-electron chi connectivity index (χ3n) is 3.79. The van der Waals surface area contributed by atoms with Crippen molar-refractivity contribution in [3.63, 3.8) is 0 Å². The Balaban J connectivity index is 1.64. The van der Waals surface area contributed by atoms with Crippen molar-refractivity contribution >= 4 is 11.7 Å². The highest BCUT2D eigenvalue weighted by molar-refractivity contribution is 5.89. The number of rotatable bonds is 3. The Morgan fingerprint density at radius 3 is 2.78 bits per heavy atom. The third kappa shape index (κ3) is 3.68. The number of nitrogens with zero attached hydrogens (tertiary/aromatic N) is 1. The molecule has 0 saturated carbocycles. The summed E-state index contributed by atoms with van der Waals surface area (Å²) >= 11 is 0. The van der Waals surface area contributed by atoms with Gasteiger partial charge in [0.05, 0.1) is 17.7 Å². The van der Waals surface area contributed by atoms with Crippen molar-refractivity contribution in [3.05, 3.63) is 65.7 Å². The van der Waals surface area contributed by atoms with Gasteiger partial charge >= 0.3 is 6.03 Å². The molecule has 23 heavy (non-hydrogen) atoms. The van der Waals surface area contributed by atoms with E-state index in [1.807, 2.05) is 30.3 Å². The van der Waals surface area contributed by atoms with Crippen LogP contribution in [0.2, 0.25) is 0 Å². The van der Waals surface area contributed by atoms with Crippen LogP contribution < -0.4 is 10.6 Å². The number of carbonyl (C=O) groups excluding carboxylic acids is 1. The number of anilines is 1. The molecule has 5 nitrogen and oxygen atoms in total. The molecule has 1 fully saturated rings. The van der Waals surface area contributed by atoms with Crippen LogP contribution in [0.15, 0.2) is 54.6 Å². The number of benzene rings is 2. The minimum absolute atomic E-state index is 0.0726. The van der Waals surface area contributed by atoms with Gasteiger partial charge in [-0.1, -0.05) is 36.4 Å². The lowest BCUT2D eigenvalue weighted by Crippen LogP contribution is -2.39. The zero-order chi connectivity index (χ0) is 16.1. The maximum atomic E-state index is 12.2. The number of carbonyl (C=O) groups is 1. The lowest BCUT2D eigenvalue weighted by atomic mass is 10.0. The number of hydrogen-bond acceptors (Lipinski definition) is 3. The molecular weight excluding hydrogens is 290 g/mol. The predicted molar refractivity (Wildman–Crippen MR) is 86.9 cm³/mol. The van der Waals surface area contributed by atoms with Crippen LogP contribution in [-0.4, -0.2) is 18.7 Å². The van der Waals surface area contributed by atoms with Gasteiger partial charge in [0.15, 0.2) is 0 Å².